The zero-order valence-corrected chi connectivity index (χ0v) is 13.4. The lowest BCUT2D eigenvalue weighted by atomic mass is 10.1. The number of anilines is 3. The Morgan fingerprint density at radius 3 is 2.10 bits per heavy atom. The fourth-order valence-corrected chi connectivity index (χ4v) is 2.57. The van der Waals surface area contributed by atoms with Gasteiger partial charge in [-0.1, -0.05) is 30.8 Å². The number of benzene rings is 1. The van der Waals surface area contributed by atoms with Crippen LogP contribution in [0.25, 0.3) is 0 Å². The van der Waals surface area contributed by atoms with Crippen LogP contribution in [0.4, 0.5) is 17.3 Å². The number of hydrogen-bond acceptors (Lipinski definition) is 6. The Morgan fingerprint density at radius 1 is 1.05 bits per heavy atom. The van der Waals surface area contributed by atoms with Crippen molar-refractivity contribution in [3.05, 3.63) is 35.4 Å². The molecule has 0 aliphatic rings. The summed E-state index contributed by atoms with van der Waals surface area (Å²) in [5.41, 5.74) is 15.1. The maximum absolute atomic E-state index is 6.03. The third kappa shape index (κ3) is 3.78. The molecule has 1 aromatic carbocycles. The molecule has 2 rings (SSSR count). The van der Waals surface area contributed by atoms with Gasteiger partial charge in [-0.25, -0.2) is 9.97 Å². The molecular formula is C15H21N5S. The molecule has 0 fully saturated rings. The largest absolute Gasteiger partial charge is 0.383 e. The summed E-state index contributed by atoms with van der Waals surface area (Å²) in [5.74, 6) is 1.83. The molecule has 0 radical (unpaired) electrons. The average Bonchev–Trinajstić information content (AvgIpc) is 2.44. The highest BCUT2D eigenvalue weighted by atomic mass is 32.2. The highest BCUT2D eigenvalue weighted by Gasteiger charge is 2.11. The minimum absolute atomic E-state index is 0.468. The fraction of sp³-hybridized carbons (Fsp3) is 0.333. The molecule has 112 valence electrons. The van der Waals surface area contributed by atoms with Gasteiger partial charge in [-0.15, -0.1) is 0 Å². The summed E-state index contributed by atoms with van der Waals surface area (Å²) < 4.78 is 0. The van der Waals surface area contributed by atoms with Gasteiger partial charge >= 0.3 is 0 Å². The van der Waals surface area contributed by atoms with Gasteiger partial charge in [0.15, 0.2) is 5.16 Å². The molecule has 1 aromatic heterocycles. The number of hydrogen-bond donors (Lipinski definition) is 2. The molecule has 0 aliphatic carbocycles. The summed E-state index contributed by atoms with van der Waals surface area (Å²) in [6, 6.07) is 8.29. The minimum Gasteiger partial charge on any atom is -0.383 e. The predicted molar refractivity (Wildman–Crippen MR) is 90.8 cm³/mol. The summed E-state index contributed by atoms with van der Waals surface area (Å²) in [6.45, 7) is 2.04. The second-order valence-corrected chi connectivity index (χ2v) is 6.16. The van der Waals surface area contributed by atoms with Crippen LogP contribution in [0.15, 0.2) is 29.4 Å². The van der Waals surface area contributed by atoms with E-state index in [1.165, 1.54) is 11.8 Å². The molecule has 0 saturated carbocycles. The van der Waals surface area contributed by atoms with E-state index >= 15 is 0 Å². The van der Waals surface area contributed by atoms with Crippen LogP contribution in [0.1, 0.15) is 18.1 Å². The standard InChI is InChI=1S/C15H21N5S/c1-4-21-15-18-13(16)12(14(17)19-15)9-10-5-7-11(8-6-10)20(2)3/h5-8H,4,9H2,1-3H3,(H4,16,17,18,19). The van der Waals surface area contributed by atoms with Gasteiger partial charge in [-0.3, -0.25) is 0 Å². The van der Waals surface area contributed by atoms with Crippen molar-refractivity contribution in [2.24, 2.45) is 0 Å². The summed E-state index contributed by atoms with van der Waals surface area (Å²) in [5, 5.41) is 0.638. The number of nitrogen functional groups attached to an aromatic ring is 2. The first-order valence-electron chi connectivity index (χ1n) is 6.82. The van der Waals surface area contributed by atoms with Crippen molar-refractivity contribution in [3.8, 4) is 0 Å². The van der Waals surface area contributed by atoms with Gasteiger partial charge in [-0.2, -0.15) is 0 Å². The van der Waals surface area contributed by atoms with Crippen molar-refractivity contribution >= 4 is 29.1 Å². The maximum atomic E-state index is 6.03. The van der Waals surface area contributed by atoms with Crippen LogP contribution < -0.4 is 16.4 Å². The fourth-order valence-electron chi connectivity index (χ4n) is 1.99. The van der Waals surface area contributed by atoms with E-state index in [-0.39, 0.29) is 0 Å². The van der Waals surface area contributed by atoms with Crippen molar-refractivity contribution in [1.82, 2.24) is 9.97 Å². The van der Waals surface area contributed by atoms with E-state index in [1.807, 2.05) is 21.0 Å². The van der Waals surface area contributed by atoms with E-state index in [0.717, 1.165) is 22.6 Å². The molecule has 4 N–H and O–H groups in total. The lowest BCUT2D eigenvalue weighted by Crippen LogP contribution is -2.09. The van der Waals surface area contributed by atoms with E-state index in [0.29, 0.717) is 23.2 Å². The zero-order valence-electron chi connectivity index (χ0n) is 12.6. The quantitative estimate of drug-likeness (QED) is 0.652. The van der Waals surface area contributed by atoms with Gasteiger partial charge in [0.05, 0.1) is 0 Å². The Bertz CT molecular complexity index is 587. The maximum Gasteiger partial charge on any atom is 0.191 e. The van der Waals surface area contributed by atoms with Crippen LogP contribution in [-0.4, -0.2) is 29.8 Å². The molecule has 0 spiro atoms. The number of nitrogens with zero attached hydrogens (tertiary/aromatic N) is 3. The van der Waals surface area contributed by atoms with Crippen LogP contribution in [0, 0.1) is 0 Å². The molecule has 0 bridgehead atoms. The summed E-state index contributed by atoms with van der Waals surface area (Å²) in [6.07, 6.45) is 0.641. The van der Waals surface area contributed by atoms with Crippen molar-refractivity contribution in [2.45, 2.75) is 18.5 Å². The minimum atomic E-state index is 0.468. The second kappa shape index (κ2) is 6.67. The Balaban J connectivity index is 2.23. The highest BCUT2D eigenvalue weighted by Crippen LogP contribution is 2.24. The SMILES string of the molecule is CCSc1nc(N)c(Cc2ccc(N(C)C)cc2)c(N)n1. The van der Waals surface area contributed by atoms with E-state index in [1.54, 1.807) is 0 Å². The van der Waals surface area contributed by atoms with E-state index in [9.17, 15) is 0 Å². The van der Waals surface area contributed by atoms with Gasteiger partial charge in [0.25, 0.3) is 0 Å². The summed E-state index contributed by atoms with van der Waals surface area (Å²) in [7, 11) is 4.03. The topological polar surface area (TPSA) is 81.1 Å². The van der Waals surface area contributed by atoms with Crippen molar-refractivity contribution in [3.63, 3.8) is 0 Å². The molecule has 0 atom stereocenters. The molecule has 0 unspecified atom stereocenters. The molecule has 0 amide bonds. The molecule has 21 heavy (non-hydrogen) atoms. The van der Waals surface area contributed by atoms with E-state index in [2.05, 4.69) is 39.1 Å². The Kier molecular flexibility index (Phi) is 4.90. The molecule has 1 heterocycles. The van der Waals surface area contributed by atoms with Gasteiger partial charge in [0.2, 0.25) is 0 Å². The number of aromatic nitrogens is 2. The zero-order chi connectivity index (χ0) is 15.4. The van der Waals surface area contributed by atoms with Crippen LogP contribution >= 0.6 is 11.8 Å². The highest BCUT2D eigenvalue weighted by molar-refractivity contribution is 7.99. The molecule has 2 aromatic rings. The van der Waals surface area contributed by atoms with Crippen molar-refractivity contribution in [1.29, 1.82) is 0 Å². The molecule has 0 aliphatic heterocycles. The number of nitrogens with two attached hydrogens (primary N) is 2. The Morgan fingerprint density at radius 2 is 1.62 bits per heavy atom. The van der Waals surface area contributed by atoms with Crippen molar-refractivity contribution in [2.75, 3.05) is 36.2 Å². The van der Waals surface area contributed by atoms with Gasteiger partial charge in [-0.05, 0) is 23.4 Å². The average molecular weight is 303 g/mol. The van der Waals surface area contributed by atoms with Gasteiger partial charge in [0, 0.05) is 31.8 Å². The second-order valence-electron chi connectivity index (χ2n) is 4.93. The molecule has 6 heteroatoms. The first kappa shape index (κ1) is 15.4. The number of rotatable bonds is 5. The first-order valence-corrected chi connectivity index (χ1v) is 7.80. The van der Waals surface area contributed by atoms with E-state index < -0.39 is 0 Å². The third-order valence-electron chi connectivity index (χ3n) is 3.16. The van der Waals surface area contributed by atoms with Crippen LogP contribution in [-0.2, 0) is 6.42 Å². The third-order valence-corrected chi connectivity index (χ3v) is 3.89. The molecular weight excluding hydrogens is 282 g/mol. The predicted octanol–water partition coefficient (Wildman–Crippen LogP) is 2.41. The van der Waals surface area contributed by atoms with Gasteiger partial charge < -0.3 is 16.4 Å². The molecule has 0 saturated heterocycles. The summed E-state index contributed by atoms with van der Waals surface area (Å²) >= 11 is 1.54. The lowest BCUT2D eigenvalue weighted by Gasteiger charge is -2.13. The van der Waals surface area contributed by atoms with Crippen molar-refractivity contribution < 1.29 is 0 Å². The number of thioether (sulfide) groups is 1. The normalized spacial score (nSPS) is 10.6. The Hall–Kier alpha value is -1.95. The van der Waals surface area contributed by atoms with Gasteiger partial charge in [0.1, 0.15) is 11.6 Å². The smallest absolute Gasteiger partial charge is 0.191 e. The van der Waals surface area contributed by atoms with E-state index in [4.69, 9.17) is 11.5 Å². The lowest BCUT2D eigenvalue weighted by molar-refractivity contribution is 0.955. The van der Waals surface area contributed by atoms with Crippen LogP contribution in [0.3, 0.4) is 0 Å². The van der Waals surface area contributed by atoms with Crippen LogP contribution in [0.2, 0.25) is 0 Å². The monoisotopic (exact) mass is 303 g/mol. The summed E-state index contributed by atoms with van der Waals surface area (Å²) in [4.78, 5) is 10.7. The molecule has 5 nitrogen and oxygen atoms in total. The Labute approximate surface area is 129 Å². The van der Waals surface area contributed by atoms with Crippen LogP contribution in [0.5, 0.6) is 0 Å². The first-order chi connectivity index (χ1) is 10.0.